The molecule has 0 fully saturated rings. The quantitative estimate of drug-likeness (QED) is 0.789. The van der Waals surface area contributed by atoms with Crippen molar-refractivity contribution in [3.8, 4) is 0 Å². The third kappa shape index (κ3) is 3.97. The predicted octanol–water partition coefficient (Wildman–Crippen LogP) is 2.60. The van der Waals surface area contributed by atoms with Crippen LogP contribution in [-0.4, -0.2) is 32.8 Å². The predicted molar refractivity (Wildman–Crippen MR) is 87.6 cm³/mol. The number of nitrogens with zero attached hydrogens (tertiary/aromatic N) is 1. The molecule has 23 heavy (non-hydrogen) atoms. The van der Waals surface area contributed by atoms with Crippen molar-refractivity contribution in [2.24, 2.45) is 0 Å². The monoisotopic (exact) mass is 333 g/mol. The molecule has 122 valence electrons. The highest BCUT2D eigenvalue weighted by Crippen LogP contribution is 2.16. The van der Waals surface area contributed by atoms with Gasteiger partial charge < -0.3 is 4.74 Å². The number of ether oxygens (including phenoxy) is 1. The maximum absolute atomic E-state index is 12.1. The van der Waals surface area contributed by atoms with Gasteiger partial charge in [-0.25, -0.2) is 17.5 Å². The van der Waals surface area contributed by atoms with Crippen LogP contribution >= 0.6 is 0 Å². The molecule has 0 saturated carbocycles. The minimum absolute atomic E-state index is 0.0628. The van der Waals surface area contributed by atoms with Gasteiger partial charge in [-0.3, -0.25) is 0 Å². The highest BCUT2D eigenvalue weighted by molar-refractivity contribution is 7.89. The van der Waals surface area contributed by atoms with Crippen molar-refractivity contribution >= 4 is 16.0 Å². The van der Waals surface area contributed by atoms with E-state index in [4.69, 9.17) is 4.74 Å². The van der Waals surface area contributed by atoms with E-state index in [-0.39, 0.29) is 17.1 Å². The SMILES string of the molecule is Cc1ccccc1COC(=O)c1cccc(S(=O)(=O)N(C)C)c1. The largest absolute Gasteiger partial charge is 0.457 e. The van der Waals surface area contributed by atoms with Crippen molar-refractivity contribution in [3.63, 3.8) is 0 Å². The first kappa shape index (κ1) is 17.2. The molecule has 0 radical (unpaired) electrons. The molecule has 0 unspecified atom stereocenters. The van der Waals surface area contributed by atoms with Gasteiger partial charge in [-0.2, -0.15) is 0 Å². The van der Waals surface area contributed by atoms with E-state index in [1.165, 1.54) is 38.4 Å². The lowest BCUT2D eigenvalue weighted by molar-refractivity contribution is 0.0472. The van der Waals surface area contributed by atoms with E-state index in [9.17, 15) is 13.2 Å². The van der Waals surface area contributed by atoms with Crippen LogP contribution in [0, 0.1) is 6.92 Å². The Labute approximate surface area is 136 Å². The first-order chi connectivity index (χ1) is 10.8. The summed E-state index contributed by atoms with van der Waals surface area (Å²) in [6, 6.07) is 13.5. The zero-order valence-electron chi connectivity index (χ0n) is 13.3. The summed E-state index contributed by atoms with van der Waals surface area (Å²) in [6.45, 7) is 2.09. The summed E-state index contributed by atoms with van der Waals surface area (Å²) in [7, 11) is -0.695. The van der Waals surface area contributed by atoms with Gasteiger partial charge in [0, 0.05) is 14.1 Å². The van der Waals surface area contributed by atoms with Gasteiger partial charge in [0.15, 0.2) is 0 Å². The average molecular weight is 333 g/mol. The van der Waals surface area contributed by atoms with Crippen LogP contribution in [0.5, 0.6) is 0 Å². The zero-order chi connectivity index (χ0) is 17.0. The van der Waals surface area contributed by atoms with Crippen molar-refractivity contribution < 1.29 is 17.9 Å². The van der Waals surface area contributed by atoms with Crippen LogP contribution in [0.4, 0.5) is 0 Å². The Bertz CT molecular complexity index is 813. The molecule has 2 rings (SSSR count). The molecule has 0 aliphatic carbocycles. The van der Waals surface area contributed by atoms with Crippen molar-refractivity contribution in [2.45, 2.75) is 18.4 Å². The van der Waals surface area contributed by atoms with E-state index in [0.717, 1.165) is 15.4 Å². The Balaban J connectivity index is 2.16. The Morgan fingerprint density at radius 1 is 1.09 bits per heavy atom. The minimum atomic E-state index is -3.58. The number of sulfonamides is 1. The van der Waals surface area contributed by atoms with E-state index in [1.54, 1.807) is 0 Å². The maximum Gasteiger partial charge on any atom is 0.338 e. The topological polar surface area (TPSA) is 63.7 Å². The number of carbonyl (C=O) groups excluding carboxylic acids is 1. The second-order valence-corrected chi connectivity index (χ2v) is 7.47. The summed E-state index contributed by atoms with van der Waals surface area (Å²) in [5, 5.41) is 0. The van der Waals surface area contributed by atoms with Gasteiger partial charge in [0.2, 0.25) is 10.0 Å². The number of carbonyl (C=O) groups is 1. The highest BCUT2D eigenvalue weighted by atomic mass is 32.2. The van der Waals surface area contributed by atoms with Crippen LogP contribution in [0.3, 0.4) is 0 Å². The Morgan fingerprint density at radius 3 is 2.43 bits per heavy atom. The first-order valence-electron chi connectivity index (χ1n) is 7.06. The molecule has 0 amide bonds. The molecule has 6 heteroatoms. The highest BCUT2D eigenvalue weighted by Gasteiger charge is 2.19. The minimum Gasteiger partial charge on any atom is -0.457 e. The summed E-state index contributed by atoms with van der Waals surface area (Å²) in [5.74, 6) is -0.552. The zero-order valence-corrected chi connectivity index (χ0v) is 14.1. The Morgan fingerprint density at radius 2 is 1.78 bits per heavy atom. The molecular formula is C17H19NO4S. The molecule has 5 nitrogen and oxygen atoms in total. The van der Waals surface area contributed by atoms with Crippen LogP contribution in [0.2, 0.25) is 0 Å². The van der Waals surface area contributed by atoms with E-state index in [1.807, 2.05) is 31.2 Å². The lowest BCUT2D eigenvalue weighted by atomic mass is 10.1. The van der Waals surface area contributed by atoms with E-state index < -0.39 is 16.0 Å². The first-order valence-corrected chi connectivity index (χ1v) is 8.50. The van der Waals surface area contributed by atoms with Gasteiger partial charge in [0.25, 0.3) is 0 Å². The number of aryl methyl sites for hydroxylation is 1. The fraction of sp³-hybridized carbons (Fsp3) is 0.235. The normalized spacial score (nSPS) is 11.5. The number of hydrogen-bond donors (Lipinski definition) is 0. The standard InChI is InChI=1S/C17H19NO4S/c1-13-7-4-5-8-15(13)12-22-17(19)14-9-6-10-16(11-14)23(20,21)18(2)3/h4-11H,12H2,1-3H3. The van der Waals surface area contributed by atoms with Crippen molar-refractivity contribution in [1.82, 2.24) is 4.31 Å². The Hall–Kier alpha value is -2.18. The summed E-state index contributed by atoms with van der Waals surface area (Å²) in [5.41, 5.74) is 2.16. The second-order valence-electron chi connectivity index (χ2n) is 5.32. The van der Waals surface area contributed by atoms with Gasteiger partial charge in [-0.1, -0.05) is 30.3 Å². The number of hydrogen-bond acceptors (Lipinski definition) is 4. The lowest BCUT2D eigenvalue weighted by Crippen LogP contribution is -2.22. The summed E-state index contributed by atoms with van der Waals surface area (Å²) in [4.78, 5) is 12.2. The van der Waals surface area contributed by atoms with Crippen LogP contribution in [0.15, 0.2) is 53.4 Å². The van der Waals surface area contributed by atoms with Crippen LogP contribution in [0.25, 0.3) is 0 Å². The van der Waals surface area contributed by atoms with E-state index >= 15 is 0 Å². The molecule has 2 aromatic carbocycles. The molecule has 0 N–H and O–H groups in total. The number of esters is 1. The molecule has 0 aliphatic heterocycles. The van der Waals surface area contributed by atoms with Crippen molar-refractivity contribution in [2.75, 3.05) is 14.1 Å². The second kappa shape index (κ2) is 6.93. The summed E-state index contributed by atoms with van der Waals surface area (Å²) < 4.78 is 30.6. The van der Waals surface area contributed by atoms with Crippen LogP contribution in [0.1, 0.15) is 21.5 Å². The molecule has 0 saturated heterocycles. The summed E-state index contributed by atoms with van der Waals surface area (Å²) >= 11 is 0. The average Bonchev–Trinajstić information content (AvgIpc) is 2.53. The fourth-order valence-corrected chi connectivity index (χ4v) is 2.94. The summed E-state index contributed by atoms with van der Waals surface area (Å²) in [6.07, 6.45) is 0. The smallest absolute Gasteiger partial charge is 0.338 e. The van der Waals surface area contributed by atoms with E-state index in [2.05, 4.69) is 0 Å². The molecule has 0 heterocycles. The molecular weight excluding hydrogens is 314 g/mol. The molecule has 0 aromatic heterocycles. The van der Waals surface area contributed by atoms with Crippen LogP contribution in [-0.2, 0) is 21.4 Å². The molecule has 2 aromatic rings. The van der Waals surface area contributed by atoms with Crippen LogP contribution < -0.4 is 0 Å². The fourth-order valence-electron chi connectivity index (χ4n) is 1.99. The van der Waals surface area contributed by atoms with E-state index in [0.29, 0.717) is 0 Å². The van der Waals surface area contributed by atoms with Gasteiger partial charge in [0.05, 0.1) is 10.5 Å². The third-order valence-electron chi connectivity index (χ3n) is 3.47. The third-order valence-corrected chi connectivity index (χ3v) is 5.28. The van der Waals surface area contributed by atoms with Crippen molar-refractivity contribution in [1.29, 1.82) is 0 Å². The number of benzene rings is 2. The van der Waals surface area contributed by atoms with Crippen molar-refractivity contribution in [3.05, 3.63) is 65.2 Å². The number of rotatable bonds is 5. The molecule has 0 atom stereocenters. The lowest BCUT2D eigenvalue weighted by Gasteiger charge is -2.12. The Kier molecular flexibility index (Phi) is 5.18. The molecule has 0 bridgehead atoms. The van der Waals surface area contributed by atoms with Gasteiger partial charge >= 0.3 is 5.97 Å². The van der Waals surface area contributed by atoms with Gasteiger partial charge in [0.1, 0.15) is 6.61 Å². The van der Waals surface area contributed by atoms with Gasteiger partial charge in [-0.05, 0) is 36.2 Å². The molecule has 0 spiro atoms. The maximum atomic E-state index is 12.1. The van der Waals surface area contributed by atoms with Gasteiger partial charge in [-0.15, -0.1) is 0 Å². The molecule has 0 aliphatic rings.